The number of benzene rings is 2. The van der Waals surface area contributed by atoms with Crippen molar-refractivity contribution in [1.82, 2.24) is 25.1 Å². The van der Waals surface area contributed by atoms with Crippen molar-refractivity contribution < 1.29 is 9.26 Å². The molecule has 0 aliphatic rings. The summed E-state index contributed by atoms with van der Waals surface area (Å²) in [6, 6.07) is 12.9. The molecule has 2 aromatic heterocycles. The first kappa shape index (κ1) is 15.6. The molecule has 0 bridgehead atoms. The summed E-state index contributed by atoms with van der Waals surface area (Å²) in [5.41, 5.74) is 2.58. The molecule has 8 heteroatoms. The Morgan fingerprint density at radius 2 is 2.00 bits per heavy atom. The smallest absolute Gasteiger partial charge is 0.264 e. The number of aromatic nitrogens is 5. The third-order valence-corrected chi connectivity index (χ3v) is 3.97. The first-order valence-electron chi connectivity index (χ1n) is 7.77. The summed E-state index contributed by atoms with van der Waals surface area (Å²) in [4.78, 5) is 4.36. The lowest BCUT2D eigenvalue weighted by Gasteiger charge is -2.02. The van der Waals surface area contributed by atoms with E-state index in [0.29, 0.717) is 22.5 Å². The molecule has 0 unspecified atom stereocenters. The van der Waals surface area contributed by atoms with Gasteiger partial charge in [-0.1, -0.05) is 22.0 Å². The number of fused-ring (bicyclic) bond motifs is 1. The number of halogens is 1. The van der Waals surface area contributed by atoms with Gasteiger partial charge in [-0.05, 0) is 49.4 Å². The van der Waals surface area contributed by atoms with Gasteiger partial charge in [-0.2, -0.15) is 4.98 Å². The summed E-state index contributed by atoms with van der Waals surface area (Å²) in [7, 11) is 0. The quantitative estimate of drug-likeness (QED) is 0.542. The van der Waals surface area contributed by atoms with Crippen LogP contribution in [0.15, 0.2) is 47.0 Å². The Hall–Kier alpha value is -2.93. The van der Waals surface area contributed by atoms with Crippen LogP contribution in [0.1, 0.15) is 12.8 Å². The van der Waals surface area contributed by atoms with Gasteiger partial charge in [-0.25, -0.2) is 4.68 Å². The fourth-order valence-electron chi connectivity index (χ4n) is 2.45. The molecule has 2 aromatic carbocycles. The average molecular weight is 356 g/mol. The number of hydrogen-bond donors (Lipinski definition) is 0. The van der Waals surface area contributed by atoms with E-state index >= 15 is 0 Å². The van der Waals surface area contributed by atoms with E-state index in [1.807, 2.05) is 29.8 Å². The van der Waals surface area contributed by atoms with Gasteiger partial charge in [-0.15, -0.1) is 5.10 Å². The molecule has 0 radical (unpaired) electrons. The van der Waals surface area contributed by atoms with Crippen LogP contribution in [0.3, 0.4) is 0 Å². The predicted octanol–water partition coefficient (Wildman–Crippen LogP) is 3.73. The maximum Gasteiger partial charge on any atom is 0.264 e. The summed E-state index contributed by atoms with van der Waals surface area (Å²) in [6.45, 7) is 2.97. The highest BCUT2D eigenvalue weighted by Crippen LogP contribution is 2.22. The number of rotatable bonds is 5. The zero-order valence-corrected chi connectivity index (χ0v) is 14.1. The van der Waals surface area contributed by atoms with Gasteiger partial charge >= 0.3 is 0 Å². The number of ether oxygens (including phenoxy) is 1. The third-order valence-electron chi connectivity index (χ3n) is 3.72. The molecule has 2 heterocycles. The first-order chi connectivity index (χ1) is 12.2. The lowest BCUT2D eigenvalue weighted by molar-refractivity contribution is 0.243. The lowest BCUT2D eigenvalue weighted by Crippen LogP contribution is -1.96. The average Bonchev–Trinajstić information content (AvgIpc) is 3.27. The molecule has 0 spiro atoms. The van der Waals surface area contributed by atoms with Gasteiger partial charge in [0, 0.05) is 17.1 Å². The Morgan fingerprint density at radius 1 is 1.16 bits per heavy atom. The fourth-order valence-corrected chi connectivity index (χ4v) is 2.58. The van der Waals surface area contributed by atoms with E-state index < -0.39 is 0 Å². The van der Waals surface area contributed by atoms with Crippen LogP contribution in [-0.2, 0) is 13.2 Å². The maximum atomic E-state index is 5.84. The lowest BCUT2D eigenvalue weighted by atomic mass is 10.2. The van der Waals surface area contributed by atoms with Crippen LogP contribution < -0.4 is 4.74 Å². The monoisotopic (exact) mass is 355 g/mol. The highest BCUT2D eigenvalue weighted by Gasteiger charge is 2.12. The molecule has 4 aromatic rings. The summed E-state index contributed by atoms with van der Waals surface area (Å²) >= 11 is 5.84. The van der Waals surface area contributed by atoms with Crippen molar-refractivity contribution in [1.29, 1.82) is 0 Å². The predicted molar refractivity (Wildman–Crippen MR) is 92.3 cm³/mol. The largest absolute Gasteiger partial charge is 0.484 e. The van der Waals surface area contributed by atoms with Gasteiger partial charge in [-0.3, -0.25) is 0 Å². The van der Waals surface area contributed by atoms with Crippen LogP contribution in [0.2, 0.25) is 5.02 Å². The highest BCUT2D eigenvalue weighted by atomic mass is 35.5. The van der Waals surface area contributed by atoms with Crippen molar-refractivity contribution in [3.05, 3.63) is 53.4 Å². The van der Waals surface area contributed by atoms with E-state index in [1.165, 1.54) is 0 Å². The second kappa shape index (κ2) is 6.52. The topological polar surface area (TPSA) is 78.9 Å². The molecule has 126 valence electrons. The summed E-state index contributed by atoms with van der Waals surface area (Å²) in [5, 5.41) is 12.9. The van der Waals surface area contributed by atoms with Gasteiger partial charge in [0.1, 0.15) is 11.3 Å². The Morgan fingerprint density at radius 3 is 2.80 bits per heavy atom. The second-order valence-electron chi connectivity index (χ2n) is 5.36. The van der Waals surface area contributed by atoms with Gasteiger partial charge < -0.3 is 9.26 Å². The van der Waals surface area contributed by atoms with Crippen LogP contribution >= 0.6 is 11.6 Å². The van der Waals surface area contributed by atoms with E-state index in [0.717, 1.165) is 23.1 Å². The van der Waals surface area contributed by atoms with Gasteiger partial charge in [0.05, 0.1) is 5.52 Å². The zero-order valence-electron chi connectivity index (χ0n) is 13.4. The van der Waals surface area contributed by atoms with E-state index in [4.69, 9.17) is 20.9 Å². The van der Waals surface area contributed by atoms with E-state index in [9.17, 15) is 0 Å². The Labute approximate surface area is 148 Å². The van der Waals surface area contributed by atoms with Crippen molar-refractivity contribution in [3.8, 4) is 17.1 Å². The summed E-state index contributed by atoms with van der Waals surface area (Å²) < 4.78 is 12.7. The van der Waals surface area contributed by atoms with Crippen LogP contribution in [0, 0.1) is 0 Å². The number of aryl methyl sites for hydroxylation is 1. The van der Waals surface area contributed by atoms with Crippen molar-refractivity contribution in [3.63, 3.8) is 0 Å². The van der Waals surface area contributed by atoms with Crippen molar-refractivity contribution in [2.45, 2.75) is 20.1 Å². The zero-order chi connectivity index (χ0) is 17.2. The molecular formula is C17H14ClN5O2. The molecule has 0 aliphatic heterocycles. The second-order valence-corrected chi connectivity index (χ2v) is 5.80. The molecule has 7 nitrogen and oxygen atoms in total. The van der Waals surface area contributed by atoms with E-state index in [-0.39, 0.29) is 6.61 Å². The summed E-state index contributed by atoms with van der Waals surface area (Å²) in [6.07, 6.45) is 0. The van der Waals surface area contributed by atoms with Crippen molar-refractivity contribution in [2.75, 3.05) is 0 Å². The normalized spacial score (nSPS) is 11.1. The molecule has 0 fully saturated rings. The van der Waals surface area contributed by atoms with E-state index in [2.05, 4.69) is 20.5 Å². The molecule has 0 aliphatic carbocycles. The van der Waals surface area contributed by atoms with Gasteiger partial charge in [0.25, 0.3) is 5.89 Å². The molecular weight excluding hydrogens is 342 g/mol. The van der Waals surface area contributed by atoms with Gasteiger partial charge in [0.15, 0.2) is 6.61 Å². The molecule has 0 amide bonds. The fraction of sp³-hybridized carbons (Fsp3) is 0.176. The van der Waals surface area contributed by atoms with Crippen molar-refractivity contribution in [2.24, 2.45) is 0 Å². The van der Waals surface area contributed by atoms with E-state index in [1.54, 1.807) is 24.3 Å². The Kier molecular flexibility index (Phi) is 4.07. The van der Waals surface area contributed by atoms with Crippen molar-refractivity contribution >= 4 is 22.6 Å². The molecule has 0 saturated heterocycles. The van der Waals surface area contributed by atoms with Crippen LogP contribution in [-0.4, -0.2) is 25.1 Å². The van der Waals surface area contributed by atoms with Crippen LogP contribution in [0.5, 0.6) is 5.75 Å². The highest BCUT2D eigenvalue weighted by molar-refractivity contribution is 6.30. The molecule has 0 N–H and O–H groups in total. The number of nitrogens with zero attached hydrogens (tertiary/aromatic N) is 5. The molecule has 0 atom stereocenters. The maximum absolute atomic E-state index is 5.84. The standard InChI is InChI=1S/C17H14ClN5O2/c1-2-23-15-8-3-11(9-14(15)20-22-23)17-19-16(25-21-17)10-24-13-6-4-12(18)5-7-13/h3-9H,2,10H2,1H3. The molecule has 0 saturated carbocycles. The minimum atomic E-state index is 0.183. The van der Waals surface area contributed by atoms with Crippen LogP contribution in [0.25, 0.3) is 22.4 Å². The van der Waals surface area contributed by atoms with Crippen LogP contribution in [0.4, 0.5) is 0 Å². The molecule has 4 rings (SSSR count). The first-order valence-corrected chi connectivity index (χ1v) is 8.15. The minimum Gasteiger partial charge on any atom is -0.484 e. The molecule has 25 heavy (non-hydrogen) atoms. The van der Waals surface area contributed by atoms with Gasteiger partial charge in [0.2, 0.25) is 5.82 Å². The number of hydrogen-bond acceptors (Lipinski definition) is 6. The Balaban J connectivity index is 1.51. The summed E-state index contributed by atoms with van der Waals surface area (Å²) in [5.74, 6) is 1.56. The third kappa shape index (κ3) is 3.18. The SMILES string of the molecule is CCn1nnc2cc(-c3noc(COc4ccc(Cl)cc4)n3)ccc21. The minimum absolute atomic E-state index is 0.183. The Bertz CT molecular complexity index is 1010.